The van der Waals surface area contributed by atoms with Crippen molar-refractivity contribution in [2.75, 3.05) is 5.75 Å². The summed E-state index contributed by atoms with van der Waals surface area (Å²) >= 11 is 0. The molecular formula is C10H19NO2S. The van der Waals surface area contributed by atoms with E-state index in [4.69, 9.17) is 0 Å². The lowest BCUT2D eigenvalue weighted by molar-refractivity contribution is 0.427. The minimum Gasteiger partial charge on any atom is -0.268 e. The van der Waals surface area contributed by atoms with Gasteiger partial charge in [-0.25, -0.2) is 8.42 Å². The van der Waals surface area contributed by atoms with Gasteiger partial charge in [0.2, 0.25) is 10.0 Å². The number of sulfonamides is 1. The molecule has 0 bridgehead atoms. The summed E-state index contributed by atoms with van der Waals surface area (Å²) < 4.78 is 24.7. The monoisotopic (exact) mass is 217 g/mol. The zero-order valence-electron chi connectivity index (χ0n) is 9.32. The Labute approximate surface area is 87.2 Å². The third-order valence-electron chi connectivity index (χ3n) is 1.78. The maximum absolute atomic E-state index is 11.7. The second kappa shape index (κ2) is 5.20. The first-order chi connectivity index (χ1) is 6.36. The van der Waals surface area contributed by atoms with Crippen LogP contribution in [0.2, 0.25) is 0 Å². The quantitative estimate of drug-likeness (QED) is 0.662. The molecular weight excluding hydrogens is 198 g/mol. The highest BCUT2D eigenvalue weighted by Gasteiger charge is 2.22. The Kier molecular flexibility index (Phi) is 4.91. The number of nitrogens with zero attached hydrogens (tertiary/aromatic N) is 1. The molecule has 0 unspecified atom stereocenters. The first-order valence-electron chi connectivity index (χ1n) is 4.70. The molecule has 0 aromatic rings. The Morgan fingerprint density at radius 3 is 2.29 bits per heavy atom. The fourth-order valence-electron chi connectivity index (χ4n) is 1.24. The minimum atomic E-state index is -3.20. The number of allylic oxidation sites excluding steroid dienone is 2. The molecule has 3 nitrogen and oxygen atoms in total. The van der Waals surface area contributed by atoms with Crippen LogP contribution in [-0.2, 0) is 10.0 Å². The zero-order valence-corrected chi connectivity index (χ0v) is 10.1. The number of hydrogen-bond donors (Lipinski definition) is 0. The largest absolute Gasteiger partial charge is 0.268 e. The first-order valence-corrected chi connectivity index (χ1v) is 6.31. The van der Waals surface area contributed by atoms with Crippen LogP contribution in [-0.4, -0.2) is 24.5 Å². The van der Waals surface area contributed by atoms with Gasteiger partial charge in [0.25, 0.3) is 0 Å². The molecule has 0 aromatic heterocycles. The van der Waals surface area contributed by atoms with Crippen LogP contribution < -0.4 is 0 Å². The molecule has 0 saturated heterocycles. The summed E-state index contributed by atoms with van der Waals surface area (Å²) in [4.78, 5) is 0. The highest BCUT2D eigenvalue weighted by Crippen LogP contribution is 2.15. The van der Waals surface area contributed by atoms with Gasteiger partial charge >= 0.3 is 0 Å². The van der Waals surface area contributed by atoms with Gasteiger partial charge in [0.1, 0.15) is 0 Å². The molecule has 0 aromatic carbocycles. The van der Waals surface area contributed by atoms with E-state index in [9.17, 15) is 8.42 Å². The van der Waals surface area contributed by atoms with Crippen LogP contribution in [0.5, 0.6) is 0 Å². The van der Waals surface area contributed by atoms with E-state index in [-0.39, 0.29) is 11.8 Å². The van der Waals surface area contributed by atoms with E-state index in [0.717, 1.165) is 0 Å². The molecule has 82 valence electrons. The molecule has 0 heterocycles. The number of rotatable bonds is 5. The molecule has 0 aliphatic rings. The van der Waals surface area contributed by atoms with Gasteiger partial charge in [-0.1, -0.05) is 12.7 Å². The third kappa shape index (κ3) is 3.18. The molecule has 0 saturated carbocycles. The van der Waals surface area contributed by atoms with E-state index < -0.39 is 10.0 Å². The van der Waals surface area contributed by atoms with Crippen LogP contribution in [0.3, 0.4) is 0 Å². The topological polar surface area (TPSA) is 37.4 Å². The van der Waals surface area contributed by atoms with E-state index in [1.54, 1.807) is 19.1 Å². The normalized spacial score (nSPS) is 12.4. The van der Waals surface area contributed by atoms with E-state index in [1.807, 2.05) is 20.8 Å². The van der Waals surface area contributed by atoms with Gasteiger partial charge in [0.15, 0.2) is 0 Å². The van der Waals surface area contributed by atoms with Crippen molar-refractivity contribution in [2.45, 2.75) is 33.7 Å². The Bertz CT molecular complexity index is 315. The fraction of sp³-hybridized carbons (Fsp3) is 0.600. The van der Waals surface area contributed by atoms with Crippen LogP contribution in [0, 0.1) is 0 Å². The van der Waals surface area contributed by atoms with Crippen LogP contribution in [0.1, 0.15) is 27.7 Å². The Hall–Kier alpha value is -0.770. The second-order valence-electron chi connectivity index (χ2n) is 3.28. The number of hydrogen-bond acceptors (Lipinski definition) is 2. The summed E-state index contributed by atoms with van der Waals surface area (Å²) in [6, 6.07) is -0.0938. The van der Waals surface area contributed by atoms with Crippen molar-refractivity contribution in [1.29, 1.82) is 0 Å². The van der Waals surface area contributed by atoms with Gasteiger partial charge in [-0.15, -0.1) is 0 Å². The van der Waals surface area contributed by atoms with Crippen molar-refractivity contribution in [2.24, 2.45) is 0 Å². The van der Waals surface area contributed by atoms with Crippen molar-refractivity contribution in [1.82, 2.24) is 4.31 Å². The average molecular weight is 217 g/mol. The van der Waals surface area contributed by atoms with Crippen molar-refractivity contribution < 1.29 is 8.42 Å². The summed E-state index contributed by atoms with van der Waals surface area (Å²) in [7, 11) is -3.20. The predicted molar refractivity (Wildman–Crippen MR) is 60.4 cm³/mol. The molecule has 0 atom stereocenters. The van der Waals surface area contributed by atoms with E-state index in [2.05, 4.69) is 6.58 Å². The van der Waals surface area contributed by atoms with Crippen molar-refractivity contribution >= 4 is 10.0 Å². The second-order valence-corrected chi connectivity index (χ2v) is 5.42. The first kappa shape index (κ1) is 13.2. The molecule has 0 N–H and O–H groups in total. The Balaban J connectivity index is 5.07. The smallest absolute Gasteiger partial charge is 0.235 e. The zero-order chi connectivity index (χ0) is 11.4. The van der Waals surface area contributed by atoms with Gasteiger partial charge in [0.05, 0.1) is 5.75 Å². The molecule has 0 radical (unpaired) electrons. The molecule has 0 spiro atoms. The highest BCUT2D eigenvalue weighted by atomic mass is 32.2. The maximum atomic E-state index is 11.7. The lowest BCUT2D eigenvalue weighted by Gasteiger charge is -2.27. The van der Waals surface area contributed by atoms with Gasteiger partial charge < -0.3 is 0 Å². The Morgan fingerprint density at radius 2 is 2.00 bits per heavy atom. The van der Waals surface area contributed by atoms with E-state index in [1.165, 1.54) is 4.31 Å². The Morgan fingerprint density at radius 1 is 1.50 bits per heavy atom. The van der Waals surface area contributed by atoms with Crippen molar-refractivity contribution in [3.8, 4) is 0 Å². The SMILES string of the molecule is C=C(/C=C/C)N(C(C)C)S(=O)(=O)CC. The van der Waals surface area contributed by atoms with Gasteiger partial charge in [-0.2, -0.15) is 0 Å². The average Bonchev–Trinajstić information content (AvgIpc) is 2.03. The maximum Gasteiger partial charge on any atom is 0.235 e. The van der Waals surface area contributed by atoms with Crippen LogP contribution >= 0.6 is 0 Å². The van der Waals surface area contributed by atoms with Crippen molar-refractivity contribution in [3.63, 3.8) is 0 Å². The lowest BCUT2D eigenvalue weighted by atomic mass is 10.3. The summed E-state index contributed by atoms with van der Waals surface area (Å²) in [5, 5.41) is 0. The molecule has 4 heteroatoms. The summed E-state index contributed by atoms with van der Waals surface area (Å²) in [6.07, 6.45) is 3.48. The van der Waals surface area contributed by atoms with Crippen LogP contribution in [0.25, 0.3) is 0 Å². The summed E-state index contributed by atoms with van der Waals surface area (Å²) in [5.41, 5.74) is 0.518. The standard InChI is InChI=1S/C10H19NO2S/c1-6-8-10(5)11(9(3)4)14(12,13)7-2/h6,8-9H,5,7H2,1-4H3/b8-6+. The molecule has 0 aliphatic heterocycles. The third-order valence-corrected chi connectivity index (χ3v) is 3.76. The lowest BCUT2D eigenvalue weighted by Crippen LogP contribution is -2.36. The summed E-state index contributed by atoms with van der Waals surface area (Å²) in [6.45, 7) is 10.9. The summed E-state index contributed by atoms with van der Waals surface area (Å²) in [5.74, 6) is 0.0990. The molecule has 14 heavy (non-hydrogen) atoms. The molecule has 0 fully saturated rings. The highest BCUT2D eigenvalue weighted by molar-refractivity contribution is 7.89. The van der Waals surface area contributed by atoms with Gasteiger partial charge in [0, 0.05) is 11.7 Å². The molecule has 0 aliphatic carbocycles. The predicted octanol–water partition coefficient (Wildman–Crippen LogP) is 2.14. The fourth-order valence-corrected chi connectivity index (χ4v) is 2.58. The van der Waals surface area contributed by atoms with Crippen LogP contribution in [0.15, 0.2) is 24.4 Å². The van der Waals surface area contributed by atoms with E-state index >= 15 is 0 Å². The van der Waals surface area contributed by atoms with Gasteiger partial charge in [-0.3, -0.25) is 4.31 Å². The minimum absolute atomic E-state index is 0.0938. The molecule has 0 amide bonds. The van der Waals surface area contributed by atoms with E-state index in [0.29, 0.717) is 5.70 Å². The van der Waals surface area contributed by atoms with Gasteiger partial charge in [-0.05, 0) is 33.8 Å². The van der Waals surface area contributed by atoms with Crippen LogP contribution in [0.4, 0.5) is 0 Å². The molecule has 0 rings (SSSR count). The van der Waals surface area contributed by atoms with Crippen molar-refractivity contribution in [3.05, 3.63) is 24.4 Å².